The highest BCUT2D eigenvalue weighted by Crippen LogP contribution is 2.27. The van der Waals surface area contributed by atoms with Gasteiger partial charge < -0.3 is 10.1 Å². The fraction of sp³-hybridized carbons (Fsp3) is 0.118. The molecule has 8 nitrogen and oxygen atoms in total. The van der Waals surface area contributed by atoms with Crippen molar-refractivity contribution in [2.24, 2.45) is 0 Å². The number of esters is 1. The maximum Gasteiger partial charge on any atom is 0.358 e. The first-order valence-corrected chi connectivity index (χ1v) is 9.28. The number of benzene rings is 1. The van der Waals surface area contributed by atoms with Crippen LogP contribution in [0.4, 0.5) is 11.8 Å². The van der Waals surface area contributed by atoms with Gasteiger partial charge in [0, 0.05) is 16.0 Å². The third-order valence-electron chi connectivity index (χ3n) is 3.61. The van der Waals surface area contributed by atoms with Crippen LogP contribution in [0.3, 0.4) is 0 Å². The molecular formula is C17H13ClN6O2S. The van der Waals surface area contributed by atoms with Gasteiger partial charge in [0.25, 0.3) is 0 Å². The second-order valence-corrected chi connectivity index (χ2v) is 6.68. The van der Waals surface area contributed by atoms with Crippen LogP contribution in [0.5, 0.6) is 0 Å². The Balaban J connectivity index is 1.56. The molecule has 0 bridgehead atoms. The van der Waals surface area contributed by atoms with E-state index in [-0.39, 0.29) is 12.3 Å². The number of ether oxygens (including phenoxy) is 1. The predicted octanol–water partition coefficient (Wildman–Crippen LogP) is 3.82. The maximum absolute atomic E-state index is 11.6. The monoisotopic (exact) mass is 400 g/mol. The molecule has 0 aliphatic heterocycles. The lowest BCUT2D eigenvalue weighted by Crippen LogP contribution is -2.08. The van der Waals surface area contributed by atoms with Gasteiger partial charge in [-0.3, -0.25) is 0 Å². The van der Waals surface area contributed by atoms with Crippen molar-refractivity contribution in [2.75, 3.05) is 11.9 Å². The van der Waals surface area contributed by atoms with E-state index in [0.29, 0.717) is 16.8 Å². The first kappa shape index (κ1) is 17.4. The molecule has 0 fully saturated rings. The Labute approximate surface area is 162 Å². The SMILES string of the molecule is CCOC(=O)c1ccc(Nc2nc3scc(-c4ccc(Cl)cc4)n3n2)nn1. The molecule has 0 saturated carbocycles. The highest BCUT2D eigenvalue weighted by Gasteiger charge is 2.13. The van der Waals surface area contributed by atoms with Crippen molar-refractivity contribution >= 4 is 45.6 Å². The molecule has 1 N–H and O–H groups in total. The quantitative estimate of drug-likeness (QED) is 0.509. The number of nitrogens with one attached hydrogen (secondary N) is 1. The molecule has 10 heteroatoms. The van der Waals surface area contributed by atoms with E-state index in [1.807, 2.05) is 29.6 Å². The van der Waals surface area contributed by atoms with Gasteiger partial charge in [0.15, 0.2) is 11.5 Å². The van der Waals surface area contributed by atoms with Crippen LogP contribution in [0.15, 0.2) is 41.8 Å². The third kappa shape index (κ3) is 3.60. The Morgan fingerprint density at radius 1 is 1.22 bits per heavy atom. The summed E-state index contributed by atoms with van der Waals surface area (Å²) in [6, 6.07) is 10.7. The van der Waals surface area contributed by atoms with Crippen LogP contribution in [-0.4, -0.2) is 37.4 Å². The summed E-state index contributed by atoms with van der Waals surface area (Å²) in [6.45, 7) is 2.02. The molecule has 3 heterocycles. The second-order valence-electron chi connectivity index (χ2n) is 5.41. The number of thiazole rings is 1. The van der Waals surface area contributed by atoms with Crippen molar-refractivity contribution in [3.63, 3.8) is 0 Å². The molecule has 0 aliphatic carbocycles. The van der Waals surface area contributed by atoms with Gasteiger partial charge in [-0.25, -0.2) is 9.31 Å². The minimum atomic E-state index is -0.509. The first-order chi connectivity index (χ1) is 13.1. The van der Waals surface area contributed by atoms with Gasteiger partial charge >= 0.3 is 5.97 Å². The van der Waals surface area contributed by atoms with Crippen LogP contribution in [0.2, 0.25) is 5.02 Å². The average molecular weight is 401 g/mol. The maximum atomic E-state index is 11.6. The van der Waals surface area contributed by atoms with Crippen LogP contribution < -0.4 is 5.32 Å². The summed E-state index contributed by atoms with van der Waals surface area (Å²) < 4.78 is 6.63. The van der Waals surface area contributed by atoms with Crippen LogP contribution in [-0.2, 0) is 4.74 Å². The van der Waals surface area contributed by atoms with Crippen molar-refractivity contribution in [3.05, 3.63) is 52.5 Å². The average Bonchev–Trinajstić information content (AvgIpc) is 3.23. The molecular weight excluding hydrogens is 388 g/mol. The smallest absolute Gasteiger partial charge is 0.358 e. The molecule has 0 amide bonds. The second kappa shape index (κ2) is 7.29. The Bertz CT molecular complexity index is 1090. The molecule has 4 aromatic rings. The van der Waals surface area contributed by atoms with E-state index in [2.05, 4.69) is 25.6 Å². The molecule has 4 rings (SSSR count). The molecule has 0 unspecified atom stereocenters. The molecule has 0 spiro atoms. The first-order valence-electron chi connectivity index (χ1n) is 8.02. The van der Waals surface area contributed by atoms with Crippen LogP contribution in [0.25, 0.3) is 16.2 Å². The Kier molecular flexibility index (Phi) is 4.69. The van der Waals surface area contributed by atoms with Gasteiger partial charge in [-0.2, -0.15) is 4.98 Å². The van der Waals surface area contributed by atoms with Gasteiger partial charge in [0.1, 0.15) is 0 Å². The Morgan fingerprint density at radius 2 is 2.04 bits per heavy atom. The minimum absolute atomic E-state index is 0.145. The number of carbonyl (C=O) groups excluding carboxylic acids is 1. The van der Waals surface area contributed by atoms with Crippen molar-refractivity contribution in [1.82, 2.24) is 24.8 Å². The van der Waals surface area contributed by atoms with E-state index >= 15 is 0 Å². The van der Waals surface area contributed by atoms with Gasteiger partial charge in [-0.05, 0) is 31.2 Å². The normalized spacial score (nSPS) is 10.9. The minimum Gasteiger partial charge on any atom is -0.461 e. The Morgan fingerprint density at radius 3 is 2.74 bits per heavy atom. The van der Waals surface area contributed by atoms with Gasteiger partial charge in [-0.1, -0.05) is 23.7 Å². The zero-order valence-electron chi connectivity index (χ0n) is 14.1. The van der Waals surface area contributed by atoms with E-state index in [1.54, 1.807) is 17.5 Å². The van der Waals surface area contributed by atoms with Crippen molar-refractivity contribution < 1.29 is 9.53 Å². The fourth-order valence-electron chi connectivity index (χ4n) is 2.38. The zero-order valence-corrected chi connectivity index (χ0v) is 15.7. The zero-order chi connectivity index (χ0) is 18.8. The summed E-state index contributed by atoms with van der Waals surface area (Å²) in [5, 5.41) is 17.9. The molecule has 3 aromatic heterocycles. The summed E-state index contributed by atoms with van der Waals surface area (Å²) in [4.78, 5) is 16.8. The molecule has 1 aromatic carbocycles. The molecule has 0 aliphatic rings. The summed E-state index contributed by atoms with van der Waals surface area (Å²) in [5.41, 5.74) is 2.04. The van der Waals surface area contributed by atoms with Crippen molar-refractivity contribution in [1.29, 1.82) is 0 Å². The molecule has 0 atom stereocenters. The van der Waals surface area contributed by atoms with Crippen LogP contribution in [0, 0.1) is 0 Å². The van der Waals surface area contributed by atoms with Gasteiger partial charge in [0.2, 0.25) is 10.9 Å². The molecule has 27 heavy (non-hydrogen) atoms. The largest absolute Gasteiger partial charge is 0.461 e. The van der Waals surface area contributed by atoms with Crippen molar-refractivity contribution in [3.8, 4) is 11.3 Å². The number of anilines is 2. The highest BCUT2D eigenvalue weighted by atomic mass is 35.5. The van der Waals surface area contributed by atoms with E-state index in [9.17, 15) is 4.79 Å². The number of aromatic nitrogens is 5. The predicted molar refractivity (Wildman–Crippen MR) is 103 cm³/mol. The van der Waals surface area contributed by atoms with Crippen molar-refractivity contribution in [2.45, 2.75) is 6.92 Å². The lowest BCUT2D eigenvalue weighted by molar-refractivity contribution is 0.0518. The van der Waals surface area contributed by atoms with Gasteiger partial charge in [0.05, 0.1) is 12.3 Å². The molecule has 136 valence electrons. The molecule has 0 radical (unpaired) electrons. The number of fused-ring (bicyclic) bond motifs is 1. The lowest BCUT2D eigenvalue weighted by Gasteiger charge is -2.02. The van der Waals surface area contributed by atoms with E-state index in [1.165, 1.54) is 17.4 Å². The van der Waals surface area contributed by atoms with E-state index in [0.717, 1.165) is 16.2 Å². The Hall–Kier alpha value is -3.04. The number of halogens is 1. The van der Waals surface area contributed by atoms with E-state index in [4.69, 9.17) is 16.3 Å². The summed E-state index contributed by atoms with van der Waals surface area (Å²) in [7, 11) is 0. The van der Waals surface area contributed by atoms with E-state index < -0.39 is 5.97 Å². The number of nitrogens with zero attached hydrogens (tertiary/aromatic N) is 5. The van der Waals surface area contributed by atoms with Crippen LogP contribution >= 0.6 is 22.9 Å². The summed E-state index contributed by atoms with van der Waals surface area (Å²) >= 11 is 7.43. The fourth-order valence-corrected chi connectivity index (χ4v) is 3.34. The number of rotatable bonds is 5. The summed E-state index contributed by atoms with van der Waals surface area (Å²) in [6.07, 6.45) is 0. The topological polar surface area (TPSA) is 94.3 Å². The lowest BCUT2D eigenvalue weighted by atomic mass is 10.2. The number of carbonyl (C=O) groups is 1. The van der Waals surface area contributed by atoms with Crippen LogP contribution in [0.1, 0.15) is 17.4 Å². The standard InChI is InChI=1S/C17H13ClN6O2S/c1-2-26-15(25)12-7-8-14(22-21-12)19-16-20-17-24(23-16)13(9-27-17)10-3-5-11(18)6-4-10/h3-9H,2H2,1H3,(H,19,22,23). The highest BCUT2D eigenvalue weighted by molar-refractivity contribution is 7.15. The summed E-state index contributed by atoms with van der Waals surface area (Å²) in [5.74, 6) is 0.300. The third-order valence-corrected chi connectivity index (χ3v) is 4.68. The number of hydrogen-bond donors (Lipinski definition) is 1. The van der Waals surface area contributed by atoms with Gasteiger partial charge in [-0.15, -0.1) is 26.6 Å². The molecule has 0 saturated heterocycles. The number of hydrogen-bond acceptors (Lipinski definition) is 8.